The van der Waals surface area contributed by atoms with E-state index < -0.39 is 0 Å². The molecule has 1 fully saturated rings. The van der Waals surface area contributed by atoms with Crippen molar-refractivity contribution in [2.75, 3.05) is 44.4 Å². The number of carbonyl (C=O) groups is 2. The van der Waals surface area contributed by atoms with Crippen molar-refractivity contribution in [1.82, 2.24) is 20.4 Å². The monoisotopic (exact) mass is 463 g/mol. The number of anilines is 1. The average molecular weight is 464 g/mol. The zero-order valence-corrected chi connectivity index (χ0v) is 19.4. The highest BCUT2D eigenvalue weighted by Crippen LogP contribution is 2.19. The van der Waals surface area contributed by atoms with Gasteiger partial charge in [-0.1, -0.05) is 24.2 Å². The van der Waals surface area contributed by atoms with Crippen LogP contribution in [0.1, 0.15) is 40.5 Å². The van der Waals surface area contributed by atoms with Crippen LogP contribution in [0.5, 0.6) is 5.75 Å². The lowest BCUT2D eigenvalue weighted by Crippen LogP contribution is -2.36. The molecule has 1 saturated heterocycles. The van der Waals surface area contributed by atoms with E-state index in [2.05, 4.69) is 25.7 Å². The molecule has 8 nitrogen and oxygen atoms in total. The molecule has 2 aromatic rings. The molecule has 3 rings (SSSR count). The zero-order chi connectivity index (χ0) is 21.9. The van der Waals surface area contributed by atoms with Gasteiger partial charge in [0, 0.05) is 24.5 Å². The summed E-state index contributed by atoms with van der Waals surface area (Å²) in [6.07, 6.45) is 5.14. The Morgan fingerprint density at radius 3 is 2.58 bits per heavy atom. The maximum absolute atomic E-state index is 12.3. The van der Waals surface area contributed by atoms with Crippen LogP contribution in [0.15, 0.2) is 24.3 Å². The van der Waals surface area contributed by atoms with E-state index in [0.29, 0.717) is 28.7 Å². The van der Waals surface area contributed by atoms with Crippen molar-refractivity contribution in [3.63, 3.8) is 0 Å². The Hall–Kier alpha value is -2.17. The molecule has 2 heterocycles. The number of carbonyl (C=O) groups excluding carboxylic acids is 2. The first-order chi connectivity index (χ1) is 15.1. The number of rotatable bonds is 10. The summed E-state index contributed by atoms with van der Waals surface area (Å²) in [6, 6.07) is 7.08. The molecule has 0 saturated carbocycles. The third-order valence-electron chi connectivity index (χ3n) is 4.92. The molecule has 0 radical (unpaired) electrons. The van der Waals surface area contributed by atoms with Crippen molar-refractivity contribution in [3.05, 3.63) is 34.3 Å². The van der Waals surface area contributed by atoms with E-state index in [4.69, 9.17) is 4.74 Å². The van der Waals surface area contributed by atoms with Gasteiger partial charge in [0.25, 0.3) is 5.91 Å². The molecular weight excluding hydrogens is 434 g/mol. The van der Waals surface area contributed by atoms with Gasteiger partial charge < -0.3 is 20.3 Å². The standard InChI is InChI=1S/C21H29N5O3S2/c1-29-17-8-6-16(7-9-17)23-20(28)21-25-24-19(31-21)15-30-14-18(27)22-10-13-26-11-4-2-3-5-12-26/h6-9H,2-5,10-15H2,1H3,(H,22,27)(H,23,28). The van der Waals surface area contributed by atoms with E-state index >= 15 is 0 Å². The van der Waals surface area contributed by atoms with Gasteiger partial charge in [0.15, 0.2) is 0 Å². The number of likely N-dealkylation sites (tertiary alicyclic amines) is 1. The zero-order valence-electron chi connectivity index (χ0n) is 17.8. The maximum Gasteiger partial charge on any atom is 0.286 e. The normalized spacial score (nSPS) is 14.6. The van der Waals surface area contributed by atoms with Crippen LogP contribution in [0.2, 0.25) is 0 Å². The van der Waals surface area contributed by atoms with Gasteiger partial charge in [-0.2, -0.15) is 0 Å². The van der Waals surface area contributed by atoms with Gasteiger partial charge in [0.05, 0.1) is 12.9 Å². The van der Waals surface area contributed by atoms with Gasteiger partial charge in [-0.25, -0.2) is 0 Å². The van der Waals surface area contributed by atoms with Gasteiger partial charge in [-0.05, 0) is 50.2 Å². The molecule has 1 aliphatic heterocycles. The Labute approximate surface area is 191 Å². The predicted octanol–water partition coefficient (Wildman–Crippen LogP) is 3.02. The van der Waals surface area contributed by atoms with Crippen LogP contribution in [0, 0.1) is 0 Å². The minimum Gasteiger partial charge on any atom is -0.497 e. The number of hydrogen-bond acceptors (Lipinski definition) is 8. The number of benzene rings is 1. The first-order valence-electron chi connectivity index (χ1n) is 10.5. The lowest BCUT2D eigenvalue weighted by Gasteiger charge is -2.19. The third-order valence-corrected chi connectivity index (χ3v) is 6.97. The molecule has 0 atom stereocenters. The summed E-state index contributed by atoms with van der Waals surface area (Å²) in [7, 11) is 1.59. The lowest BCUT2D eigenvalue weighted by molar-refractivity contribution is -0.118. The van der Waals surface area contributed by atoms with Crippen LogP contribution < -0.4 is 15.4 Å². The number of methoxy groups -OCH3 is 1. The summed E-state index contributed by atoms with van der Waals surface area (Å²) in [4.78, 5) is 26.8. The molecule has 0 unspecified atom stereocenters. The molecule has 2 N–H and O–H groups in total. The first-order valence-corrected chi connectivity index (χ1v) is 12.5. The van der Waals surface area contributed by atoms with E-state index in [1.807, 2.05) is 0 Å². The largest absolute Gasteiger partial charge is 0.497 e. The van der Waals surface area contributed by atoms with Crippen LogP contribution in [-0.2, 0) is 10.5 Å². The Kier molecular flexibility index (Phi) is 9.57. The Morgan fingerprint density at radius 1 is 1.13 bits per heavy atom. The molecule has 10 heteroatoms. The quantitative estimate of drug-likeness (QED) is 0.559. The van der Waals surface area contributed by atoms with Gasteiger partial charge in [0.2, 0.25) is 10.9 Å². The number of aromatic nitrogens is 2. The molecule has 2 amide bonds. The fourth-order valence-electron chi connectivity index (χ4n) is 3.26. The van der Waals surface area contributed by atoms with Crippen LogP contribution in [0.3, 0.4) is 0 Å². The molecular formula is C21H29N5O3S2. The van der Waals surface area contributed by atoms with E-state index in [1.165, 1.54) is 48.8 Å². The number of thioether (sulfide) groups is 1. The van der Waals surface area contributed by atoms with Crippen molar-refractivity contribution in [2.45, 2.75) is 31.4 Å². The van der Waals surface area contributed by atoms with Gasteiger partial charge >= 0.3 is 0 Å². The molecule has 1 aliphatic rings. The van der Waals surface area contributed by atoms with Gasteiger partial charge in [-0.15, -0.1) is 22.0 Å². The number of ether oxygens (including phenoxy) is 1. The Morgan fingerprint density at radius 2 is 1.87 bits per heavy atom. The molecule has 168 valence electrons. The van der Waals surface area contributed by atoms with E-state index in [1.54, 1.807) is 31.4 Å². The molecule has 1 aromatic carbocycles. The summed E-state index contributed by atoms with van der Waals surface area (Å²) in [5.41, 5.74) is 0.661. The summed E-state index contributed by atoms with van der Waals surface area (Å²) < 4.78 is 5.10. The Bertz CT molecular complexity index is 836. The average Bonchev–Trinajstić information content (AvgIpc) is 3.10. The summed E-state index contributed by atoms with van der Waals surface area (Å²) >= 11 is 2.71. The van der Waals surface area contributed by atoms with Crippen molar-refractivity contribution in [3.8, 4) is 5.75 Å². The van der Waals surface area contributed by atoms with Gasteiger partial charge in [0.1, 0.15) is 10.8 Å². The summed E-state index contributed by atoms with van der Waals surface area (Å²) in [6.45, 7) is 3.87. The summed E-state index contributed by atoms with van der Waals surface area (Å²) in [5, 5.41) is 14.8. The fourth-order valence-corrected chi connectivity index (χ4v) is 4.90. The minimum absolute atomic E-state index is 0.0295. The van der Waals surface area contributed by atoms with Crippen LogP contribution in [0.25, 0.3) is 0 Å². The topological polar surface area (TPSA) is 96.5 Å². The van der Waals surface area contributed by atoms with Crippen LogP contribution >= 0.6 is 23.1 Å². The van der Waals surface area contributed by atoms with Crippen molar-refractivity contribution in [1.29, 1.82) is 0 Å². The second kappa shape index (κ2) is 12.6. The molecule has 1 aromatic heterocycles. The predicted molar refractivity (Wildman–Crippen MR) is 125 cm³/mol. The second-order valence-electron chi connectivity index (χ2n) is 7.28. The highest BCUT2D eigenvalue weighted by Gasteiger charge is 2.14. The number of nitrogens with one attached hydrogen (secondary N) is 2. The number of nitrogens with zero attached hydrogens (tertiary/aromatic N) is 3. The van der Waals surface area contributed by atoms with Crippen LogP contribution in [-0.4, -0.2) is 66.0 Å². The Balaban J connectivity index is 1.33. The molecule has 0 aliphatic carbocycles. The van der Waals surface area contributed by atoms with Gasteiger partial charge in [-0.3, -0.25) is 9.59 Å². The second-order valence-corrected chi connectivity index (χ2v) is 9.33. The van der Waals surface area contributed by atoms with E-state index in [-0.39, 0.29) is 11.8 Å². The maximum atomic E-state index is 12.3. The first kappa shape index (κ1) is 23.5. The highest BCUT2D eigenvalue weighted by molar-refractivity contribution is 7.99. The number of hydrogen-bond donors (Lipinski definition) is 2. The smallest absolute Gasteiger partial charge is 0.286 e. The number of amides is 2. The molecule has 0 spiro atoms. The third kappa shape index (κ3) is 8.12. The SMILES string of the molecule is COc1ccc(NC(=O)c2nnc(CSCC(=O)NCCN3CCCCCC3)s2)cc1. The molecule has 31 heavy (non-hydrogen) atoms. The van der Waals surface area contributed by atoms with Crippen molar-refractivity contribution >= 4 is 40.6 Å². The highest BCUT2D eigenvalue weighted by atomic mass is 32.2. The van der Waals surface area contributed by atoms with Crippen LogP contribution in [0.4, 0.5) is 5.69 Å². The van der Waals surface area contributed by atoms with Crippen molar-refractivity contribution in [2.24, 2.45) is 0 Å². The molecule has 0 bridgehead atoms. The van der Waals surface area contributed by atoms with E-state index in [0.717, 1.165) is 30.4 Å². The lowest BCUT2D eigenvalue weighted by atomic mass is 10.2. The summed E-state index contributed by atoms with van der Waals surface area (Å²) in [5.74, 6) is 1.37. The van der Waals surface area contributed by atoms with Crippen molar-refractivity contribution < 1.29 is 14.3 Å². The van der Waals surface area contributed by atoms with E-state index in [9.17, 15) is 9.59 Å². The minimum atomic E-state index is -0.301. The fraction of sp³-hybridized carbons (Fsp3) is 0.524.